The number of pyridine rings is 1. The fourth-order valence-electron chi connectivity index (χ4n) is 5.64. The van der Waals surface area contributed by atoms with E-state index in [2.05, 4.69) is 30.9 Å². The van der Waals surface area contributed by atoms with Gasteiger partial charge >= 0.3 is 0 Å². The van der Waals surface area contributed by atoms with Crippen LogP contribution in [0.2, 0.25) is 0 Å². The van der Waals surface area contributed by atoms with Crippen LogP contribution < -0.4 is 27.2 Å². The van der Waals surface area contributed by atoms with Gasteiger partial charge in [0.2, 0.25) is 5.91 Å². The second-order valence-corrected chi connectivity index (χ2v) is 11.6. The molecule has 5 rings (SSSR count). The highest BCUT2D eigenvalue weighted by Crippen LogP contribution is 2.29. The van der Waals surface area contributed by atoms with Gasteiger partial charge in [0.15, 0.2) is 0 Å². The van der Waals surface area contributed by atoms with Crippen LogP contribution in [-0.4, -0.2) is 45.8 Å². The Labute approximate surface area is 272 Å². The predicted molar refractivity (Wildman–Crippen MR) is 184 cm³/mol. The summed E-state index contributed by atoms with van der Waals surface area (Å²) in [4.78, 5) is 60.7. The highest BCUT2D eigenvalue weighted by Gasteiger charge is 2.17. The van der Waals surface area contributed by atoms with E-state index in [0.29, 0.717) is 47.5 Å². The van der Waals surface area contributed by atoms with Crippen LogP contribution in [0.3, 0.4) is 0 Å². The molecule has 3 aromatic carbocycles. The van der Waals surface area contributed by atoms with E-state index >= 15 is 0 Å². The Kier molecular flexibility index (Phi) is 9.84. The number of hydrogen-bond acceptors (Lipinski definition) is 6. The molecule has 11 nitrogen and oxygen atoms in total. The number of benzene rings is 3. The number of nitrogens with two attached hydrogens (primary N) is 1. The molecule has 7 N–H and O–H groups in total. The number of nitrogens with zero attached hydrogens (tertiary/aromatic N) is 1. The van der Waals surface area contributed by atoms with Crippen molar-refractivity contribution in [1.82, 2.24) is 25.6 Å². The third kappa shape index (κ3) is 7.58. The van der Waals surface area contributed by atoms with Gasteiger partial charge in [0.05, 0.1) is 17.5 Å². The molecule has 0 saturated carbocycles. The standard InChI is InChI=1S/C36H39N7O4/c1-5-38-30-18-25(17-27(22(30)4)35(46)40-19-28-20(2)15-21(3)41-36(28)47)24-11-9-23(10-12-24)16-32(44)39-14-13-31-42-29-8-6-7-26(34(37)45)33(29)43-31/h6-12,15,17-18,38H,5,13-14,16,19H2,1-4H3,(H2,37,45)(H,39,44)(H,40,46)(H,41,47)(H,42,43). The summed E-state index contributed by atoms with van der Waals surface area (Å²) in [5.41, 5.74) is 13.7. The monoisotopic (exact) mass is 633 g/mol. The van der Waals surface area contributed by atoms with Crippen molar-refractivity contribution in [2.75, 3.05) is 18.4 Å². The van der Waals surface area contributed by atoms with E-state index in [0.717, 1.165) is 44.7 Å². The van der Waals surface area contributed by atoms with Gasteiger partial charge in [0.1, 0.15) is 11.3 Å². The highest BCUT2D eigenvalue weighted by molar-refractivity contribution is 6.04. The lowest BCUT2D eigenvalue weighted by molar-refractivity contribution is -0.120. The normalized spacial score (nSPS) is 11.0. The van der Waals surface area contributed by atoms with Gasteiger partial charge < -0.3 is 31.7 Å². The van der Waals surface area contributed by atoms with Crippen molar-refractivity contribution in [3.8, 4) is 11.1 Å². The lowest BCUT2D eigenvalue weighted by Crippen LogP contribution is -2.28. The lowest BCUT2D eigenvalue weighted by atomic mass is 9.96. The Bertz CT molecular complexity index is 2030. The average molecular weight is 634 g/mol. The number of carbonyl (C=O) groups excluding carboxylic acids is 3. The van der Waals surface area contributed by atoms with Gasteiger partial charge in [-0.25, -0.2) is 4.98 Å². The number of H-pyrrole nitrogens is 2. The number of anilines is 1. The van der Waals surface area contributed by atoms with Gasteiger partial charge in [0.25, 0.3) is 17.4 Å². The smallest absolute Gasteiger partial charge is 0.253 e. The number of imidazole rings is 1. The molecular formula is C36H39N7O4. The van der Waals surface area contributed by atoms with Gasteiger partial charge in [-0.1, -0.05) is 30.3 Å². The van der Waals surface area contributed by atoms with Crippen molar-refractivity contribution in [1.29, 1.82) is 0 Å². The van der Waals surface area contributed by atoms with E-state index in [1.54, 1.807) is 12.1 Å². The summed E-state index contributed by atoms with van der Waals surface area (Å²) in [7, 11) is 0. The fraction of sp³-hybridized carbons (Fsp3) is 0.250. The Morgan fingerprint density at radius 3 is 2.36 bits per heavy atom. The number of fused-ring (bicyclic) bond motifs is 1. The number of aromatic nitrogens is 3. The van der Waals surface area contributed by atoms with Crippen molar-refractivity contribution in [2.24, 2.45) is 5.73 Å². The van der Waals surface area contributed by atoms with Crippen LogP contribution in [0.4, 0.5) is 5.69 Å². The zero-order valence-electron chi connectivity index (χ0n) is 27.0. The van der Waals surface area contributed by atoms with Crippen molar-refractivity contribution in [3.63, 3.8) is 0 Å². The van der Waals surface area contributed by atoms with Crippen LogP contribution in [0, 0.1) is 20.8 Å². The number of carbonyl (C=O) groups is 3. The summed E-state index contributed by atoms with van der Waals surface area (Å²) in [6.07, 6.45) is 0.671. The molecule has 2 heterocycles. The third-order valence-corrected chi connectivity index (χ3v) is 8.10. The maximum atomic E-state index is 13.4. The molecule has 0 unspecified atom stereocenters. The molecule has 0 bridgehead atoms. The average Bonchev–Trinajstić information content (AvgIpc) is 3.45. The second-order valence-electron chi connectivity index (χ2n) is 11.6. The molecule has 11 heteroatoms. The van der Waals surface area contributed by atoms with E-state index in [-0.39, 0.29) is 30.3 Å². The minimum absolute atomic E-state index is 0.117. The van der Waals surface area contributed by atoms with Crippen LogP contribution in [0.1, 0.15) is 61.4 Å². The molecule has 0 aliphatic heterocycles. The van der Waals surface area contributed by atoms with Gasteiger partial charge in [-0.2, -0.15) is 0 Å². The third-order valence-electron chi connectivity index (χ3n) is 8.10. The number of hydrogen-bond donors (Lipinski definition) is 6. The number of primary amides is 1. The van der Waals surface area contributed by atoms with Crippen molar-refractivity contribution < 1.29 is 14.4 Å². The fourth-order valence-corrected chi connectivity index (χ4v) is 5.64. The van der Waals surface area contributed by atoms with Crippen LogP contribution in [0.5, 0.6) is 0 Å². The van der Waals surface area contributed by atoms with Crippen LogP contribution >= 0.6 is 0 Å². The number of rotatable bonds is 12. The molecule has 0 radical (unpaired) electrons. The van der Waals surface area contributed by atoms with Gasteiger partial charge in [0, 0.05) is 48.6 Å². The van der Waals surface area contributed by atoms with E-state index in [4.69, 9.17) is 5.73 Å². The summed E-state index contributed by atoms with van der Waals surface area (Å²) in [5.74, 6) is -0.285. The molecule has 5 aromatic rings. The zero-order valence-corrected chi connectivity index (χ0v) is 27.0. The van der Waals surface area contributed by atoms with E-state index < -0.39 is 5.91 Å². The zero-order chi connectivity index (χ0) is 33.7. The van der Waals surface area contributed by atoms with Crippen LogP contribution in [0.15, 0.2) is 65.5 Å². The molecule has 47 heavy (non-hydrogen) atoms. The predicted octanol–water partition coefficient (Wildman–Crippen LogP) is 4.21. The molecule has 0 spiro atoms. The molecular weight excluding hydrogens is 594 g/mol. The molecule has 0 atom stereocenters. The molecule has 0 fully saturated rings. The van der Waals surface area contributed by atoms with Gasteiger partial charge in [-0.05, 0) is 85.8 Å². The largest absolute Gasteiger partial charge is 0.385 e. The maximum absolute atomic E-state index is 13.4. The van der Waals surface area contributed by atoms with E-state index in [9.17, 15) is 19.2 Å². The second kappa shape index (κ2) is 14.2. The molecule has 2 aromatic heterocycles. The molecule has 3 amide bonds. The lowest BCUT2D eigenvalue weighted by Gasteiger charge is -2.16. The van der Waals surface area contributed by atoms with Gasteiger partial charge in [-0.3, -0.25) is 19.2 Å². The Morgan fingerprint density at radius 1 is 0.894 bits per heavy atom. The Morgan fingerprint density at radius 2 is 1.66 bits per heavy atom. The first-order chi connectivity index (χ1) is 22.5. The Balaban J connectivity index is 1.23. The topological polar surface area (TPSA) is 175 Å². The minimum atomic E-state index is -0.540. The summed E-state index contributed by atoms with van der Waals surface area (Å²) < 4.78 is 0. The summed E-state index contributed by atoms with van der Waals surface area (Å²) in [5, 5.41) is 9.19. The quantitative estimate of drug-likeness (QED) is 0.120. The number of amides is 3. The minimum Gasteiger partial charge on any atom is -0.385 e. The number of aromatic amines is 2. The SMILES string of the molecule is CCNc1cc(-c2ccc(CC(=O)NCCc3nc4c(C(N)=O)cccc4[nH]3)cc2)cc(C(=O)NCc2c(C)cc(C)[nH]c2=O)c1C. The first-order valence-electron chi connectivity index (χ1n) is 15.5. The van der Waals surface area contributed by atoms with Gasteiger partial charge in [-0.15, -0.1) is 0 Å². The first-order valence-corrected chi connectivity index (χ1v) is 15.5. The summed E-state index contributed by atoms with van der Waals surface area (Å²) in [6.45, 7) is 8.75. The molecule has 0 saturated heterocycles. The molecule has 242 valence electrons. The maximum Gasteiger partial charge on any atom is 0.253 e. The van der Waals surface area contributed by atoms with E-state index in [1.165, 1.54) is 0 Å². The van der Waals surface area contributed by atoms with Crippen LogP contribution in [0.25, 0.3) is 22.2 Å². The molecule has 0 aliphatic rings. The Hall–Kier alpha value is -5.71. The van der Waals surface area contributed by atoms with Crippen LogP contribution in [-0.2, 0) is 24.2 Å². The summed E-state index contributed by atoms with van der Waals surface area (Å²) in [6, 6.07) is 18.6. The number of aryl methyl sites for hydroxylation is 2. The molecule has 0 aliphatic carbocycles. The summed E-state index contributed by atoms with van der Waals surface area (Å²) >= 11 is 0. The van der Waals surface area contributed by atoms with Crippen molar-refractivity contribution >= 4 is 34.4 Å². The van der Waals surface area contributed by atoms with Crippen molar-refractivity contribution in [3.05, 3.63) is 116 Å². The van der Waals surface area contributed by atoms with E-state index in [1.807, 2.05) is 76.2 Å². The van der Waals surface area contributed by atoms with Crippen molar-refractivity contribution in [2.45, 2.75) is 47.1 Å². The first kappa shape index (κ1) is 32.7. The highest BCUT2D eigenvalue weighted by atomic mass is 16.2. The number of nitrogens with one attached hydrogen (secondary N) is 5. The number of para-hydroxylation sites is 1.